The molecular formula is C17H23NO5S. The van der Waals surface area contributed by atoms with Crippen LogP contribution in [0.3, 0.4) is 0 Å². The molecule has 3 atom stereocenters. The standard InChI is InChI=1S/C17H23NO5S/c1-2-23-13-7-5-8-14(11-13)24(21,22)18-15-9-4-3-6-12(15)10-16(18)17(19)20/h5,7-8,11-12,15-16H,2-4,6,9-10H2,1H3,(H,19,20). The summed E-state index contributed by atoms with van der Waals surface area (Å²) < 4.78 is 33.0. The van der Waals surface area contributed by atoms with Crippen LogP contribution in [-0.2, 0) is 14.8 Å². The molecule has 1 N–H and O–H groups in total. The Morgan fingerprint density at radius 2 is 2.08 bits per heavy atom. The summed E-state index contributed by atoms with van der Waals surface area (Å²) >= 11 is 0. The van der Waals surface area contributed by atoms with E-state index in [0.29, 0.717) is 18.8 Å². The molecule has 0 bridgehead atoms. The highest BCUT2D eigenvalue weighted by Crippen LogP contribution is 2.43. The number of hydrogen-bond acceptors (Lipinski definition) is 4. The van der Waals surface area contributed by atoms with Gasteiger partial charge in [-0.25, -0.2) is 8.42 Å². The lowest BCUT2D eigenvalue weighted by molar-refractivity contribution is -0.141. The van der Waals surface area contributed by atoms with Crippen LogP contribution in [0.5, 0.6) is 5.75 Å². The molecule has 1 saturated heterocycles. The van der Waals surface area contributed by atoms with Crippen LogP contribution < -0.4 is 4.74 Å². The molecule has 1 aliphatic heterocycles. The summed E-state index contributed by atoms with van der Waals surface area (Å²) in [6, 6.07) is 5.13. The topological polar surface area (TPSA) is 83.9 Å². The number of ether oxygens (including phenoxy) is 1. The molecule has 1 saturated carbocycles. The first-order valence-electron chi connectivity index (χ1n) is 8.44. The molecule has 2 aliphatic rings. The van der Waals surface area contributed by atoms with E-state index in [2.05, 4.69) is 0 Å². The number of carboxylic acids is 1. The minimum atomic E-state index is -3.87. The molecule has 3 rings (SSSR count). The quantitative estimate of drug-likeness (QED) is 0.879. The Kier molecular flexibility index (Phi) is 4.83. The summed E-state index contributed by atoms with van der Waals surface area (Å²) in [5, 5.41) is 9.55. The van der Waals surface area contributed by atoms with E-state index < -0.39 is 22.0 Å². The third-order valence-electron chi connectivity index (χ3n) is 5.01. The number of sulfonamides is 1. The minimum absolute atomic E-state index is 0.103. The Labute approximate surface area is 142 Å². The smallest absolute Gasteiger partial charge is 0.322 e. The zero-order valence-electron chi connectivity index (χ0n) is 13.7. The van der Waals surface area contributed by atoms with Gasteiger partial charge < -0.3 is 9.84 Å². The third kappa shape index (κ3) is 3.02. The normalized spacial score (nSPS) is 27.6. The summed E-state index contributed by atoms with van der Waals surface area (Å²) in [5.74, 6) is -0.441. The molecule has 1 heterocycles. The number of fused-ring (bicyclic) bond motifs is 1. The SMILES string of the molecule is CCOc1cccc(S(=O)(=O)N2C(C(=O)O)CC3CCCCC32)c1. The molecule has 1 aromatic carbocycles. The van der Waals surface area contributed by atoms with Crippen LogP contribution in [0.15, 0.2) is 29.2 Å². The molecule has 0 aromatic heterocycles. The van der Waals surface area contributed by atoms with Crippen molar-refractivity contribution in [2.24, 2.45) is 5.92 Å². The fourth-order valence-corrected chi connectivity index (χ4v) is 5.89. The van der Waals surface area contributed by atoms with Crippen molar-refractivity contribution in [1.29, 1.82) is 0 Å². The predicted molar refractivity (Wildman–Crippen MR) is 88.4 cm³/mol. The molecule has 132 valence electrons. The zero-order chi connectivity index (χ0) is 17.3. The van der Waals surface area contributed by atoms with Gasteiger partial charge in [-0.1, -0.05) is 18.9 Å². The first-order chi connectivity index (χ1) is 11.4. The maximum Gasteiger partial charge on any atom is 0.322 e. The van der Waals surface area contributed by atoms with Crippen LogP contribution in [0.1, 0.15) is 39.0 Å². The molecule has 1 aromatic rings. The van der Waals surface area contributed by atoms with Gasteiger partial charge in [-0.05, 0) is 44.2 Å². The monoisotopic (exact) mass is 353 g/mol. The average Bonchev–Trinajstić information content (AvgIpc) is 2.96. The van der Waals surface area contributed by atoms with Gasteiger partial charge >= 0.3 is 5.97 Å². The first-order valence-corrected chi connectivity index (χ1v) is 9.88. The van der Waals surface area contributed by atoms with E-state index in [1.54, 1.807) is 12.1 Å². The van der Waals surface area contributed by atoms with Crippen LogP contribution in [0.2, 0.25) is 0 Å². The fraction of sp³-hybridized carbons (Fsp3) is 0.588. The highest BCUT2D eigenvalue weighted by atomic mass is 32.2. The van der Waals surface area contributed by atoms with Crippen LogP contribution >= 0.6 is 0 Å². The fourth-order valence-electron chi connectivity index (χ4n) is 3.99. The van der Waals surface area contributed by atoms with Gasteiger partial charge in [0, 0.05) is 12.1 Å². The summed E-state index contributed by atoms with van der Waals surface area (Å²) in [5.41, 5.74) is 0. The van der Waals surface area contributed by atoms with Crippen molar-refractivity contribution in [2.45, 2.75) is 56.0 Å². The lowest BCUT2D eigenvalue weighted by Gasteiger charge is -2.32. The van der Waals surface area contributed by atoms with Crippen molar-refractivity contribution in [1.82, 2.24) is 4.31 Å². The lowest BCUT2D eigenvalue weighted by Crippen LogP contribution is -2.46. The molecule has 0 radical (unpaired) electrons. The highest BCUT2D eigenvalue weighted by molar-refractivity contribution is 7.89. The van der Waals surface area contributed by atoms with Gasteiger partial charge in [0.1, 0.15) is 11.8 Å². The van der Waals surface area contributed by atoms with E-state index in [1.165, 1.54) is 16.4 Å². The molecule has 2 fully saturated rings. The van der Waals surface area contributed by atoms with Crippen LogP contribution in [-0.4, -0.2) is 42.5 Å². The number of aliphatic carboxylic acids is 1. The van der Waals surface area contributed by atoms with Gasteiger partial charge in [0.2, 0.25) is 10.0 Å². The van der Waals surface area contributed by atoms with E-state index >= 15 is 0 Å². The first kappa shape index (κ1) is 17.2. The van der Waals surface area contributed by atoms with E-state index in [1.807, 2.05) is 6.92 Å². The number of benzene rings is 1. The van der Waals surface area contributed by atoms with Crippen molar-refractivity contribution < 1.29 is 23.1 Å². The molecule has 3 unspecified atom stereocenters. The van der Waals surface area contributed by atoms with Crippen molar-refractivity contribution in [3.8, 4) is 5.75 Å². The molecule has 0 spiro atoms. The van der Waals surface area contributed by atoms with Crippen molar-refractivity contribution in [3.05, 3.63) is 24.3 Å². The summed E-state index contributed by atoms with van der Waals surface area (Å²) in [6.07, 6.45) is 4.03. The van der Waals surface area contributed by atoms with Gasteiger partial charge in [0.25, 0.3) is 0 Å². The summed E-state index contributed by atoms with van der Waals surface area (Å²) in [7, 11) is -3.87. The minimum Gasteiger partial charge on any atom is -0.494 e. The lowest BCUT2D eigenvalue weighted by atomic mass is 9.85. The Morgan fingerprint density at radius 3 is 2.79 bits per heavy atom. The average molecular weight is 353 g/mol. The maximum atomic E-state index is 13.2. The van der Waals surface area contributed by atoms with E-state index in [4.69, 9.17) is 4.74 Å². The second kappa shape index (κ2) is 6.72. The van der Waals surface area contributed by atoms with Gasteiger partial charge in [-0.15, -0.1) is 0 Å². The maximum absolute atomic E-state index is 13.2. The number of hydrogen-bond donors (Lipinski definition) is 1. The third-order valence-corrected chi connectivity index (χ3v) is 6.94. The van der Waals surface area contributed by atoms with Crippen molar-refractivity contribution in [2.75, 3.05) is 6.61 Å². The van der Waals surface area contributed by atoms with Crippen LogP contribution in [0, 0.1) is 5.92 Å². The van der Waals surface area contributed by atoms with E-state index in [-0.39, 0.29) is 16.9 Å². The van der Waals surface area contributed by atoms with Gasteiger partial charge in [-0.2, -0.15) is 4.31 Å². The Balaban J connectivity index is 1.99. The van der Waals surface area contributed by atoms with Crippen LogP contribution in [0.4, 0.5) is 0 Å². The molecule has 24 heavy (non-hydrogen) atoms. The van der Waals surface area contributed by atoms with Gasteiger partial charge in [0.15, 0.2) is 0 Å². The van der Waals surface area contributed by atoms with Gasteiger partial charge in [-0.3, -0.25) is 4.79 Å². The Morgan fingerprint density at radius 1 is 1.33 bits per heavy atom. The van der Waals surface area contributed by atoms with E-state index in [9.17, 15) is 18.3 Å². The molecule has 7 heteroatoms. The Bertz CT molecular complexity index is 717. The highest BCUT2D eigenvalue weighted by Gasteiger charge is 2.51. The predicted octanol–water partition coefficient (Wildman–Crippen LogP) is 2.49. The summed E-state index contributed by atoms with van der Waals surface area (Å²) in [6.45, 7) is 2.27. The Hall–Kier alpha value is -1.60. The number of carbonyl (C=O) groups is 1. The largest absolute Gasteiger partial charge is 0.494 e. The molecule has 0 amide bonds. The van der Waals surface area contributed by atoms with Gasteiger partial charge in [0.05, 0.1) is 11.5 Å². The zero-order valence-corrected chi connectivity index (χ0v) is 14.5. The number of nitrogens with zero attached hydrogens (tertiary/aromatic N) is 1. The molecule has 1 aliphatic carbocycles. The summed E-state index contributed by atoms with van der Waals surface area (Å²) in [4.78, 5) is 11.8. The second-order valence-electron chi connectivity index (χ2n) is 6.44. The molecule has 6 nitrogen and oxygen atoms in total. The number of carboxylic acid groups (broad SMARTS) is 1. The van der Waals surface area contributed by atoms with Crippen LogP contribution in [0.25, 0.3) is 0 Å². The van der Waals surface area contributed by atoms with Crippen molar-refractivity contribution in [3.63, 3.8) is 0 Å². The number of rotatable bonds is 5. The van der Waals surface area contributed by atoms with E-state index in [0.717, 1.165) is 25.7 Å². The molecular weight excluding hydrogens is 330 g/mol. The second-order valence-corrected chi connectivity index (χ2v) is 8.29. The van der Waals surface area contributed by atoms with Crippen molar-refractivity contribution >= 4 is 16.0 Å².